The average molecular weight is 438 g/mol. The molecular formula is C24H17ClFNO4. The van der Waals surface area contributed by atoms with Crippen LogP contribution in [0.3, 0.4) is 0 Å². The van der Waals surface area contributed by atoms with Gasteiger partial charge in [-0.25, -0.2) is 4.39 Å². The number of hydrogen-bond donors (Lipinski definition) is 1. The number of carbonyl (C=O) groups is 1. The van der Waals surface area contributed by atoms with Gasteiger partial charge in [-0.15, -0.1) is 0 Å². The lowest BCUT2D eigenvalue weighted by atomic mass is 10.1. The smallest absolute Gasteiger partial charge is 0.262 e. The third-order valence-corrected chi connectivity index (χ3v) is 4.86. The molecule has 156 valence electrons. The molecule has 0 saturated heterocycles. The van der Waals surface area contributed by atoms with Crippen molar-refractivity contribution in [1.29, 1.82) is 0 Å². The third-order valence-electron chi connectivity index (χ3n) is 4.62. The number of fused-ring (bicyclic) bond motifs is 1. The zero-order valence-corrected chi connectivity index (χ0v) is 17.2. The topological polar surface area (TPSA) is 68.5 Å². The van der Waals surface area contributed by atoms with Crippen LogP contribution in [0.15, 0.2) is 75.9 Å². The fraction of sp³-hybridized carbons (Fsp3) is 0.0833. The molecule has 0 bridgehead atoms. The van der Waals surface area contributed by atoms with Crippen LogP contribution in [0.2, 0.25) is 5.02 Å². The fourth-order valence-corrected chi connectivity index (χ4v) is 3.24. The Bertz CT molecular complexity index is 1330. The van der Waals surface area contributed by atoms with Gasteiger partial charge in [0.1, 0.15) is 11.4 Å². The maximum absolute atomic E-state index is 13.8. The largest absolute Gasteiger partial charge is 0.476 e. The Hall–Kier alpha value is -3.64. The van der Waals surface area contributed by atoms with E-state index in [-0.39, 0.29) is 22.6 Å². The summed E-state index contributed by atoms with van der Waals surface area (Å²) in [4.78, 5) is 25.4. The van der Waals surface area contributed by atoms with E-state index in [1.165, 1.54) is 24.3 Å². The van der Waals surface area contributed by atoms with Gasteiger partial charge in [-0.3, -0.25) is 9.59 Å². The number of rotatable bonds is 5. The van der Waals surface area contributed by atoms with Crippen LogP contribution in [-0.4, -0.2) is 12.5 Å². The molecule has 0 aliphatic heterocycles. The number of amides is 1. The molecule has 5 nitrogen and oxygen atoms in total. The first-order valence-electron chi connectivity index (χ1n) is 9.43. The van der Waals surface area contributed by atoms with E-state index in [9.17, 15) is 14.0 Å². The van der Waals surface area contributed by atoms with Crippen molar-refractivity contribution in [2.24, 2.45) is 0 Å². The van der Waals surface area contributed by atoms with Gasteiger partial charge in [0.2, 0.25) is 11.2 Å². The van der Waals surface area contributed by atoms with E-state index in [0.29, 0.717) is 16.2 Å². The van der Waals surface area contributed by atoms with Gasteiger partial charge in [0.05, 0.1) is 11.1 Å². The Balaban J connectivity index is 1.71. The van der Waals surface area contributed by atoms with Crippen LogP contribution in [0.4, 0.5) is 10.1 Å². The monoisotopic (exact) mass is 437 g/mol. The number of hydrogen-bond acceptors (Lipinski definition) is 4. The predicted octanol–water partition coefficient (Wildman–Crippen LogP) is 5.58. The normalized spacial score (nSPS) is 10.8. The lowest BCUT2D eigenvalue weighted by molar-refractivity contribution is -0.118. The van der Waals surface area contributed by atoms with Crippen molar-refractivity contribution in [2.45, 2.75) is 6.92 Å². The number of benzene rings is 3. The number of ether oxygens (including phenoxy) is 1. The summed E-state index contributed by atoms with van der Waals surface area (Å²) in [7, 11) is 0. The van der Waals surface area contributed by atoms with Gasteiger partial charge in [-0.2, -0.15) is 0 Å². The number of nitrogens with one attached hydrogen (secondary N) is 1. The number of halogens is 2. The van der Waals surface area contributed by atoms with Crippen LogP contribution in [0.25, 0.3) is 22.3 Å². The van der Waals surface area contributed by atoms with Crippen molar-refractivity contribution in [3.05, 3.63) is 93.4 Å². The van der Waals surface area contributed by atoms with E-state index < -0.39 is 23.8 Å². The highest BCUT2D eigenvalue weighted by Crippen LogP contribution is 2.32. The van der Waals surface area contributed by atoms with E-state index in [0.717, 1.165) is 5.56 Å². The third kappa shape index (κ3) is 4.44. The summed E-state index contributed by atoms with van der Waals surface area (Å²) in [6.45, 7) is 1.43. The van der Waals surface area contributed by atoms with E-state index in [4.69, 9.17) is 20.8 Å². The van der Waals surface area contributed by atoms with Crippen LogP contribution in [-0.2, 0) is 4.79 Å². The number of carbonyl (C=O) groups excluding carboxylic acids is 1. The van der Waals surface area contributed by atoms with Crippen molar-refractivity contribution < 1.29 is 18.3 Å². The minimum Gasteiger partial charge on any atom is -0.476 e. The molecule has 1 amide bonds. The molecule has 7 heteroatoms. The second-order valence-electron chi connectivity index (χ2n) is 6.91. The second-order valence-corrected chi connectivity index (χ2v) is 7.35. The van der Waals surface area contributed by atoms with Crippen molar-refractivity contribution >= 4 is 34.2 Å². The molecule has 4 aromatic rings. The van der Waals surface area contributed by atoms with Crippen LogP contribution in [0.1, 0.15) is 5.56 Å². The second kappa shape index (κ2) is 8.62. The van der Waals surface area contributed by atoms with Crippen molar-refractivity contribution in [2.75, 3.05) is 11.9 Å². The molecule has 0 aliphatic rings. The van der Waals surface area contributed by atoms with Gasteiger partial charge in [-0.05, 0) is 37.3 Å². The Kier molecular flexibility index (Phi) is 5.73. The average Bonchev–Trinajstić information content (AvgIpc) is 2.75. The van der Waals surface area contributed by atoms with Crippen LogP contribution in [0.5, 0.6) is 5.75 Å². The van der Waals surface area contributed by atoms with Gasteiger partial charge in [0.15, 0.2) is 12.4 Å². The van der Waals surface area contributed by atoms with Gasteiger partial charge >= 0.3 is 0 Å². The molecule has 0 saturated carbocycles. The summed E-state index contributed by atoms with van der Waals surface area (Å²) >= 11 is 6.03. The quantitative estimate of drug-likeness (QED) is 0.442. The van der Waals surface area contributed by atoms with E-state index in [1.54, 1.807) is 30.3 Å². The molecule has 0 fully saturated rings. The van der Waals surface area contributed by atoms with E-state index in [2.05, 4.69) is 5.32 Å². The maximum atomic E-state index is 13.8. The first-order valence-corrected chi connectivity index (χ1v) is 9.81. The standard InChI is InChI=1S/C24H17ClFNO4/c1-14-6-8-15(9-7-14)23-24(22(29)17-12-16(25)10-11-20(17)31-23)30-13-21(28)27-19-5-3-2-4-18(19)26/h2-12H,13H2,1H3,(H,27,28). The highest BCUT2D eigenvalue weighted by atomic mass is 35.5. The van der Waals surface area contributed by atoms with Crippen LogP contribution >= 0.6 is 11.6 Å². The Labute approximate surface area is 182 Å². The van der Waals surface area contributed by atoms with Gasteiger partial charge < -0.3 is 14.5 Å². The predicted molar refractivity (Wildman–Crippen MR) is 118 cm³/mol. The zero-order chi connectivity index (χ0) is 22.0. The fourth-order valence-electron chi connectivity index (χ4n) is 3.06. The number of anilines is 1. The summed E-state index contributed by atoms with van der Waals surface area (Å²) in [5.41, 5.74) is 1.55. The van der Waals surface area contributed by atoms with Gasteiger partial charge in [0, 0.05) is 10.6 Å². The van der Waals surface area contributed by atoms with Gasteiger partial charge in [0.25, 0.3) is 5.91 Å². The highest BCUT2D eigenvalue weighted by Gasteiger charge is 2.19. The summed E-state index contributed by atoms with van der Waals surface area (Å²) in [6, 6.07) is 17.8. The van der Waals surface area contributed by atoms with Crippen molar-refractivity contribution in [3.63, 3.8) is 0 Å². The van der Waals surface area contributed by atoms with Crippen LogP contribution in [0, 0.1) is 12.7 Å². The molecule has 0 unspecified atom stereocenters. The Morgan fingerprint density at radius 3 is 2.58 bits per heavy atom. The SMILES string of the molecule is Cc1ccc(-c2oc3ccc(Cl)cc3c(=O)c2OCC(=O)Nc2ccccc2F)cc1. The summed E-state index contributed by atoms with van der Waals surface area (Å²) < 4.78 is 25.3. The summed E-state index contributed by atoms with van der Waals surface area (Å²) in [5, 5.41) is 3.02. The Morgan fingerprint density at radius 2 is 1.84 bits per heavy atom. The summed E-state index contributed by atoms with van der Waals surface area (Å²) in [6.07, 6.45) is 0. The zero-order valence-electron chi connectivity index (χ0n) is 16.4. The van der Waals surface area contributed by atoms with Gasteiger partial charge in [-0.1, -0.05) is 53.6 Å². The van der Waals surface area contributed by atoms with E-state index in [1.807, 2.05) is 19.1 Å². The molecule has 1 aromatic heterocycles. The lowest BCUT2D eigenvalue weighted by Gasteiger charge is -2.12. The summed E-state index contributed by atoms with van der Waals surface area (Å²) in [5.74, 6) is -1.12. The van der Waals surface area contributed by atoms with Crippen molar-refractivity contribution in [3.8, 4) is 17.1 Å². The van der Waals surface area contributed by atoms with Crippen LogP contribution < -0.4 is 15.5 Å². The maximum Gasteiger partial charge on any atom is 0.262 e. The first-order chi connectivity index (χ1) is 14.9. The molecule has 1 N–H and O–H groups in total. The molecule has 31 heavy (non-hydrogen) atoms. The van der Waals surface area contributed by atoms with Crippen molar-refractivity contribution in [1.82, 2.24) is 0 Å². The minimum absolute atomic E-state index is 0.0205. The molecule has 0 aliphatic carbocycles. The molecule has 4 rings (SSSR count). The number of aryl methyl sites for hydroxylation is 1. The highest BCUT2D eigenvalue weighted by molar-refractivity contribution is 6.31. The lowest BCUT2D eigenvalue weighted by Crippen LogP contribution is -2.23. The van der Waals surface area contributed by atoms with E-state index >= 15 is 0 Å². The molecule has 3 aromatic carbocycles. The molecular weight excluding hydrogens is 421 g/mol. The molecule has 0 radical (unpaired) electrons. The molecule has 0 spiro atoms. The minimum atomic E-state index is -0.620. The molecule has 0 atom stereocenters. The Morgan fingerprint density at radius 1 is 1.10 bits per heavy atom. The first kappa shape index (κ1) is 20.6. The number of para-hydroxylation sites is 1. The molecule has 1 heterocycles.